The van der Waals surface area contributed by atoms with E-state index in [1.807, 2.05) is 18.5 Å². The van der Waals surface area contributed by atoms with Gasteiger partial charge in [0.15, 0.2) is 0 Å². The summed E-state index contributed by atoms with van der Waals surface area (Å²) in [4.78, 5) is 8.31. The van der Waals surface area contributed by atoms with Crippen LogP contribution >= 0.6 is 0 Å². The molecule has 0 spiro atoms. The van der Waals surface area contributed by atoms with Gasteiger partial charge in [-0.25, -0.2) is 4.98 Å². The predicted molar refractivity (Wildman–Crippen MR) is 114 cm³/mol. The van der Waals surface area contributed by atoms with Crippen LogP contribution in [0.1, 0.15) is 11.3 Å². The van der Waals surface area contributed by atoms with Crippen LogP contribution in [-0.2, 0) is 6.54 Å². The van der Waals surface area contributed by atoms with E-state index < -0.39 is 0 Å². The van der Waals surface area contributed by atoms with Crippen LogP contribution in [0.15, 0.2) is 79.3 Å². The number of hydrogen-bond donors (Lipinski definition) is 2. The fourth-order valence-corrected chi connectivity index (χ4v) is 4.15. The van der Waals surface area contributed by atoms with Crippen molar-refractivity contribution in [3.63, 3.8) is 0 Å². The van der Waals surface area contributed by atoms with Gasteiger partial charge in [-0.05, 0) is 41.6 Å². The van der Waals surface area contributed by atoms with E-state index >= 15 is 0 Å². The van der Waals surface area contributed by atoms with Gasteiger partial charge in [0.05, 0.1) is 17.6 Å². The van der Waals surface area contributed by atoms with Crippen LogP contribution in [0.25, 0.3) is 44.8 Å². The Kier molecular flexibility index (Phi) is 3.20. The molecule has 0 amide bonds. The molecule has 3 aromatic heterocycles. The normalized spacial score (nSPS) is 13.0. The van der Waals surface area contributed by atoms with Crippen LogP contribution < -0.4 is 5.32 Å². The molecule has 2 N–H and O–H groups in total. The smallest absolute Gasteiger partial charge is 0.137 e. The Morgan fingerprint density at radius 2 is 1.86 bits per heavy atom. The molecule has 0 atom stereocenters. The number of hydrogen-bond acceptors (Lipinski definition) is 2. The van der Waals surface area contributed by atoms with Gasteiger partial charge in [0, 0.05) is 34.4 Å². The molecule has 2 aromatic carbocycles. The molecule has 0 aliphatic carbocycles. The number of fused-ring (bicyclic) bond motifs is 5. The van der Waals surface area contributed by atoms with Crippen LogP contribution in [-0.4, -0.2) is 14.5 Å². The molecule has 28 heavy (non-hydrogen) atoms. The quantitative estimate of drug-likeness (QED) is 0.451. The molecule has 134 valence electrons. The molecule has 1 aliphatic rings. The van der Waals surface area contributed by atoms with E-state index in [1.54, 1.807) is 0 Å². The van der Waals surface area contributed by atoms with Crippen molar-refractivity contribution in [2.24, 2.45) is 0 Å². The lowest BCUT2D eigenvalue weighted by atomic mass is 10.1. The Morgan fingerprint density at radius 1 is 0.929 bits per heavy atom. The Hall–Kier alpha value is -3.79. The summed E-state index contributed by atoms with van der Waals surface area (Å²) >= 11 is 0. The lowest BCUT2D eigenvalue weighted by Crippen LogP contribution is -2.09. The van der Waals surface area contributed by atoms with Crippen molar-refractivity contribution in [2.45, 2.75) is 6.54 Å². The minimum atomic E-state index is 0.824. The first-order valence-electron chi connectivity index (χ1n) is 9.45. The van der Waals surface area contributed by atoms with Crippen molar-refractivity contribution in [2.75, 3.05) is 0 Å². The highest BCUT2D eigenvalue weighted by atomic mass is 15.1. The summed E-state index contributed by atoms with van der Waals surface area (Å²) < 4.78 is 2.18. The van der Waals surface area contributed by atoms with Gasteiger partial charge in [0.2, 0.25) is 0 Å². The van der Waals surface area contributed by atoms with Crippen LogP contribution in [0.5, 0.6) is 0 Å². The van der Waals surface area contributed by atoms with Gasteiger partial charge in [-0.1, -0.05) is 42.5 Å². The summed E-state index contributed by atoms with van der Waals surface area (Å²) in [5.74, 6) is 0.921. The maximum atomic E-state index is 4.67. The van der Waals surface area contributed by atoms with Gasteiger partial charge >= 0.3 is 0 Å². The molecule has 0 fully saturated rings. The fourth-order valence-electron chi connectivity index (χ4n) is 4.15. The van der Waals surface area contributed by atoms with Crippen molar-refractivity contribution in [1.29, 1.82) is 0 Å². The summed E-state index contributed by atoms with van der Waals surface area (Å²) in [6.45, 7) is 0.824. The molecule has 4 nitrogen and oxygen atoms in total. The Bertz CT molecular complexity index is 1360. The second-order valence-corrected chi connectivity index (χ2v) is 7.11. The van der Waals surface area contributed by atoms with Gasteiger partial charge in [0.25, 0.3) is 0 Å². The van der Waals surface area contributed by atoms with Crippen LogP contribution in [0.4, 0.5) is 0 Å². The average molecular weight is 362 g/mol. The minimum Gasteiger partial charge on any atom is -0.385 e. The maximum Gasteiger partial charge on any atom is 0.137 e. The topological polar surface area (TPSA) is 45.6 Å². The van der Waals surface area contributed by atoms with E-state index in [2.05, 4.69) is 86.7 Å². The van der Waals surface area contributed by atoms with E-state index in [4.69, 9.17) is 0 Å². The van der Waals surface area contributed by atoms with Gasteiger partial charge in [0.1, 0.15) is 5.82 Å². The van der Waals surface area contributed by atoms with Crippen molar-refractivity contribution < 1.29 is 0 Å². The van der Waals surface area contributed by atoms with E-state index in [-0.39, 0.29) is 0 Å². The zero-order chi connectivity index (χ0) is 18.5. The molecular weight excluding hydrogens is 344 g/mol. The zero-order valence-corrected chi connectivity index (χ0v) is 15.2. The highest BCUT2D eigenvalue weighted by molar-refractivity contribution is 6.08. The SMILES string of the molecule is C1=Cc2c([nH]c3c2ccc2ccn(-c4cc(-c5ccccc5)ccn4)c23)CN1. The molecule has 0 saturated carbocycles. The predicted octanol–water partition coefficient (Wildman–Crippen LogP) is 5.25. The lowest BCUT2D eigenvalue weighted by Gasteiger charge is -2.08. The molecular formula is C24H18N4. The molecule has 4 heterocycles. The summed E-state index contributed by atoms with van der Waals surface area (Å²) in [5.41, 5.74) is 7.18. The van der Waals surface area contributed by atoms with E-state index in [0.717, 1.165) is 29.0 Å². The van der Waals surface area contributed by atoms with Crippen LogP contribution in [0, 0.1) is 0 Å². The number of H-pyrrole nitrogens is 1. The molecule has 0 radical (unpaired) electrons. The zero-order valence-electron chi connectivity index (χ0n) is 15.2. The minimum absolute atomic E-state index is 0.824. The molecule has 0 saturated heterocycles. The van der Waals surface area contributed by atoms with E-state index in [0.29, 0.717) is 0 Å². The third kappa shape index (κ3) is 2.21. The molecule has 4 heteroatoms. The molecule has 5 aromatic rings. The number of pyridine rings is 1. The first-order chi connectivity index (χ1) is 13.9. The standard InChI is InChI=1S/C24H18N4/c1-2-4-16(5-3-1)18-8-12-26-22(14-18)28-13-10-17-6-7-20-19-9-11-25-15-21(19)27-23(20)24(17)28/h1-14,25,27H,15H2. The van der Waals surface area contributed by atoms with Crippen molar-refractivity contribution in [1.82, 2.24) is 19.9 Å². The number of rotatable bonds is 2. The largest absolute Gasteiger partial charge is 0.385 e. The number of aromatic amines is 1. The summed E-state index contributed by atoms with van der Waals surface area (Å²) in [6.07, 6.45) is 8.15. The summed E-state index contributed by atoms with van der Waals surface area (Å²) in [7, 11) is 0. The summed E-state index contributed by atoms with van der Waals surface area (Å²) in [6, 6.07) is 21.2. The van der Waals surface area contributed by atoms with Crippen molar-refractivity contribution >= 4 is 27.9 Å². The Balaban J connectivity index is 1.59. The number of nitrogens with one attached hydrogen (secondary N) is 2. The Morgan fingerprint density at radius 3 is 2.79 bits per heavy atom. The third-order valence-corrected chi connectivity index (χ3v) is 5.49. The number of aromatic nitrogens is 3. The Labute approximate surface area is 162 Å². The summed E-state index contributed by atoms with van der Waals surface area (Å²) in [5, 5.41) is 5.74. The van der Waals surface area contributed by atoms with Gasteiger partial charge < -0.3 is 10.3 Å². The molecule has 0 unspecified atom stereocenters. The van der Waals surface area contributed by atoms with Gasteiger partial charge in [-0.3, -0.25) is 4.57 Å². The first kappa shape index (κ1) is 15.3. The van der Waals surface area contributed by atoms with Gasteiger partial charge in [-0.15, -0.1) is 0 Å². The second-order valence-electron chi connectivity index (χ2n) is 7.11. The average Bonchev–Trinajstić information content (AvgIpc) is 3.36. The molecule has 1 aliphatic heterocycles. The number of benzene rings is 2. The highest BCUT2D eigenvalue weighted by Gasteiger charge is 2.16. The third-order valence-electron chi connectivity index (χ3n) is 5.49. The van der Waals surface area contributed by atoms with E-state index in [9.17, 15) is 0 Å². The van der Waals surface area contributed by atoms with Crippen LogP contribution in [0.2, 0.25) is 0 Å². The monoisotopic (exact) mass is 362 g/mol. The van der Waals surface area contributed by atoms with Gasteiger partial charge in [-0.2, -0.15) is 0 Å². The lowest BCUT2D eigenvalue weighted by molar-refractivity contribution is 0.837. The molecule has 6 rings (SSSR count). The van der Waals surface area contributed by atoms with Crippen molar-refractivity contribution in [3.8, 4) is 16.9 Å². The maximum absolute atomic E-state index is 4.67. The highest BCUT2D eigenvalue weighted by Crippen LogP contribution is 2.33. The van der Waals surface area contributed by atoms with E-state index in [1.165, 1.54) is 27.6 Å². The molecule has 0 bridgehead atoms. The fraction of sp³-hybridized carbons (Fsp3) is 0.0417. The number of nitrogens with zero attached hydrogens (tertiary/aromatic N) is 2. The van der Waals surface area contributed by atoms with Crippen LogP contribution in [0.3, 0.4) is 0 Å². The van der Waals surface area contributed by atoms with Crippen molar-refractivity contribution in [3.05, 3.63) is 90.5 Å². The first-order valence-corrected chi connectivity index (χ1v) is 9.45. The second kappa shape index (κ2) is 5.86.